The second kappa shape index (κ2) is 7.34. The van der Waals surface area contributed by atoms with Gasteiger partial charge in [0.15, 0.2) is 0 Å². The average molecular weight is 336 g/mol. The Hall–Kier alpha value is -2.25. The number of benzene rings is 2. The van der Waals surface area contributed by atoms with Gasteiger partial charge in [-0.25, -0.2) is 17.5 Å². The van der Waals surface area contributed by atoms with Crippen LogP contribution in [0.25, 0.3) is 0 Å². The molecule has 0 aromatic heterocycles. The van der Waals surface area contributed by atoms with E-state index in [0.29, 0.717) is 0 Å². The van der Waals surface area contributed by atoms with E-state index in [1.807, 2.05) is 37.3 Å². The Morgan fingerprint density at radius 1 is 1.09 bits per heavy atom. The van der Waals surface area contributed by atoms with Gasteiger partial charge in [0.1, 0.15) is 5.82 Å². The van der Waals surface area contributed by atoms with E-state index in [1.165, 1.54) is 0 Å². The molecule has 2 aromatic rings. The molecule has 0 aliphatic carbocycles. The zero-order valence-electron chi connectivity index (χ0n) is 12.5. The number of hydrogen-bond donors (Lipinski definition) is 2. The SMILES string of the molecule is C[C@H](NC(=O)CNS(=O)(=O)c1ccc(F)cc1)c1ccccc1. The molecule has 23 heavy (non-hydrogen) atoms. The lowest BCUT2D eigenvalue weighted by molar-refractivity contribution is -0.120. The Bertz CT molecular complexity index is 762. The van der Waals surface area contributed by atoms with E-state index >= 15 is 0 Å². The molecule has 2 N–H and O–H groups in total. The first-order valence-electron chi connectivity index (χ1n) is 6.98. The minimum Gasteiger partial charge on any atom is -0.348 e. The third-order valence-corrected chi connectivity index (χ3v) is 4.64. The zero-order valence-corrected chi connectivity index (χ0v) is 13.3. The molecule has 0 radical (unpaired) electrons. The minimum atomic E-state index is -3.85. The van der Waals surface area contributed by atoms with Crippen LogP contribution in [-0.2, 0) is 14.8 Å². The fourth-order valence-corrected chi connectivity index (χ4v) is 2.96. The second-order valence-corrected chi connectivity index (χ2v) is 6.75. The van der Waals surface area contributed by atoms with Crippen molar-refractivity contribution in [1.29, 1.82) is 0 Å². The minimum absolute atomic E-state index is 0.0946. The summed E-state index contributed by atoms with van der Waals surface area (Å²) >= 11 is 0. The Balaban J connectivity index is 1.92. The Kier molecular flexibility index (Phi) is 5.46. The highest BCUT2D eigenvalue weighted by Crippen LogP contribution is 2.11. The Morgan fingerprint density at radius 3 is 2.30 bits per heavy atom. The van der Waals surface area contributed by atoms with Crippen molar-refractivity contribution in [2.45, 2.75) is 17.9 Å². The van der Waals surface area contributed by atoms with Crippen LogP contribution in [0, 0.1) is 5.82 Å². The normalized spacial score (nSPS) is 12.6. The molecular weight excluding hydrogens is 319 g/mol. The van der Waals surface area contributed by atoms with Gasteiger partial charge in [0.25, 0.3) is 0 Å². The first-order valence-corrected chi connectivity index (χ1v) is 8.46. The number of sulfonamides is 1. The molecule has 2 rings (SSSR count). The van der Waals surface area contributed by atoms with Crippen LogP contribution in [0.15, 0.2) is 59.5 Å². The van der Waals surface area contributed by atoms with Gasteiger partial charge in [-0.15, -0.1) is 0 Å². The molecule has 122 valence electrons. The molecule has 0 bridgehead atoms. The maximum absolute atomic E-state index is 12.8. The average Bonchev–Trinajstić information content (AvgIpc) is 2.54. The maximum atomic E-state index is 12.8. The molecule has 0 spiro atoms. The fourth-order valence-electron chi connectivity index (χ4n) is 1.98. The molecule has 0 unspecified atom stereocenters. The highest BCUT2D eigenvalue weighted by Gasteiger charge is 2.16. The van der Waals surface area contributed by atoms with Crippen molar-refractivity contribution >= 4 is 15.9 Å². The summed E-state index contributed by atoms with van der Waals surface area (Å²) < 4.78 is 39.0. The summed E-state index contributed by atoms with van der Waals surface area (Å²) in [5.41, 5.74) is 0.919. The van der Waals surface area contributed by atoms with Gasteiger partial charge in [0.05, 0.1) is 17.5 Å². The maximum Gasteiger partial charge on any atom is 0.241 e. The van der Waals surface area contributed by atoms with E-state index in [1.54, 1.807) is 0 Å². The molecule has 1 atom stereocenters. The Morgan fingerprint density at radius 2 is 1.70 bits per heavy atom. The van der Waals surface area contributed by atoms with Crippen LogP contribution >= 0.6 is 0 Å². The first kappa shape index (κ1) is 17.1. The summed E-state index contributed by atoms with van der Waals surface area (Å²) in [6, 6.07) is 13.5. The molecular formula is C16H17FN2O3S. The molecule has 2 aromatic carbocycles. The molecule has 1 amide bonds. The summed E-state index contributed by atoms with van der Waals surface area (Å²) in [5.74, 6) is -0.981. The largest absolute Gasteiger partial charge is 0.348 e. The standard InChI is InChI=1S/C16H17FN2O3S/c1-12(13-5-3-2-4-6-13)19-16(20)11-18-23(21,22)15-9-7-14(17)8-10-15/h2-10,12,18H,11H2,1H3,(H,19,20)/t12-/m0/s1. The van der Waals surface area contributed by atoms with E-state index in [-0.39, 0.29) is 10.9 Å². The van der Waals surface area contributed by atoms with Crippen molar-refractivity contribution in [3.8, 4) is 0 Å². The number of amides is 1. The van der Waals surface area contributed by atoms with Crippen LogP contribution < -0.4 is 10.0 Å². The van der Waals surface area contributed by atoms with E-state index < -0.39 is 28.3 Å². The van der Waals surface area contributed by atoms with Gasteiger partial charge in [-0.1, -0.05) is 30.3 Å². The first-order chi connectivity index (χ1) is 10.9. The lowest BCUT2D eigenvalue weighted by atomic mass is 10.1. The number of hydrogen-bond acceptors (Lipinski definition) is 3. The smallest absolute Gasteiger partial charge is 0.241 e. The summed E-state index contributed by atoms with van der Waals surface area (Å²) in [7, 11) is -3.85. The number of carbonyl (C=O) groups excluding carboxylic acids is 1. The number of nitrogens with one attached hydrogen (secondary N) is 2. The molecule has 0 saturated carbocycles. The van der Waals surface area contributed by atoms with Crippen molar-refractivity contribution in [3.05, 3.63) is 66.0 Å². The van der Waals surface area contributed by atoms with Gasteiger partial charge in [-0.05, 0) is 36.8 Å². The van der Waals surface area contributed by atoms with Crippen LogP contribution in [0.3, 0.4) is 0 Å². The number of carbonyl (C=O) groups is 1. The lowest BCUT2D eigenvalue weighted by Gasteiger charge is -2.14. The van der Waals surface area contributed by atoms with Crippen molar-refractivity contribution in [1.82, 2.24) is 10.0 Å². The van der Waals surface area contributed by atoms with Crippen LogP contribution in [0.2, 0.25) is 0 Å². The van der Waals surface area contributed by atoms with Crippen LogP contribution in [0.4, 0.5) is 4.39 Å². The van der Waals surface area contributed by atoms with Gasteiger partial charge in [-0.2, -0.15) is 0 Å². The highest BCUT2D eigenvalue weighted by molar-refractivity contribution is 7.89. The second-order valence-electron chi connectivity index (χ2n) is 4.98. The van der Waals surface area contributed by atoms with Crippen molar-refractivity contribution in [2.75, 3.05) is 6.54 Å². The highest BCUT2D eigenvalue weighted by atomic mass is 32.2. The van der Waals surface area contributed by atoms with Gasteiger partial charge in [0, 0.05) is 0 Å². The van der Waals surface area contributed by atoms with Gasteiger partial charge in [0.2, 0.25) is 15.9 Å². The summed E-state index contributed by atoms with van der Waals surface area (Å²) in [4.78, 5) is 11.8. The predicted molar refractivity (Wildman–Crippen MR) is 84.6 cm³/mol. The molecule has 0 heterocycles. The monoisotopic (exact) mass is 336 g/mol. The van der Waals surface area contributed by atoms with Crippen LogP contribution in [-0.4, -0.2) is 20.9 Å². The molecule has 0 aliphatic heterocycles. The molecule has 7 heteroatoms. The van der Waals surface area contributed by atoms with Gasteiger partial charge < -0.3 is 5.32 Å². The van der Waals surface area contributed by atoms with E-state index in [2.05, 4.69) is 10.0 Å². The summed E-state index contributed by atoms with van der Waals surface area (Å²) in [6.45, 7) is 1.42. The zero-order chi connectivity index (χ0) is 16.9. The van der Waals surface area contributed by atoms with Gasteiger partial charge in [-0.3, -0.25) is 4.79 Å². The number of rotatable bonds is 6. The van der Waals surface area contributed by atoms with Crippen LogP contribution in [0.5, 0.6) is 0 Å². The summed E-state index contributed by atoms with van der Waals surface area (Å²) in [5, 5.41) is 2.70. The van der Waals surface area contributed by atoms with Crippen molar-refractivity contribution in [2.24, 2.45) is 0 Å². The van der Waals surface area contributed by atoms with Gasteiger partial charge >= 0.3 is 0 Å². The molecule has 0 saturated heterocycles. The fraction of sp³-hybridized carbons (Fsp3) is 0.188. The van der Waals surface area contributed by atoms with E-state index in [9.17, 15) is 17.6 Å². The van der Waals surface area contributed by atoms with Crippen molar-refractivity contribution in [3.63, 3.8) is 0 Å². The lowest BCUT2D eigenvalue weighted by Crippen LogP contribution is -2.38. The third kappa shape index (κ3) is 4.87. The molecule has 0 fully saturated rings. The van der Waals surface area contributed by atoms with Crippen molar-refractivity contribution < 1.29 is 17.6 Å². The summed E-state index contributed by atoms with van der Waals surface area (Å²) in [6.07, 6.45) is 0. The predicted octanol–water partition coefficient (Wildman–Crippen LogP) is 1.98. The molecule has 0 aliphatic rings. The third-order valence-electron chi connectivity index (χ3n) is 3.22. The topological polar surface area (TPSA) is 75.3 Å². The van der Waals surface area contributed by atoms with E-state index in [0.717, 1.165) is 29.8 Å². The Labute approximate surface area is 134 Å². The quantitative estimate of drug-likeness (QED) is 0.847. The van der Waals surface area contributed by atoms with E-state index in [4.69, 9.17) is 0 Å². The number of halogens is 1. The molecule has 5 nitrogen and oxygen atoms in total. The van der Waals surface area contributed by atoms with Crippen LogP contribution in [0.1, 0.15) is 18.5 Å².